The van der Waals surface area contributed by atoms with E-state index in [0.717, 1.165) is 29.9 Å². The zero-order valence-electron chi connectivity index (χ0n) is 11.2. The number of thioether (sulfide) groups is 1. The molecule has 1 heterocycles. The van der Waals surface area contributed by atoms with E-state index in [0.29, 0.717) is 0 Å². The summed E-state index contributed by atoms with van der Waals surface area (Å²) in [6.45, 7) is 0. The van der Waals surface area contributed by atoms with E-state index in [-0.39, 0.29) is 18.2 Å². The molecule has 1 aromatic rings. The highest BCUT2D eigenvalue weighted by Gasteiger charge is 2.25. The molecule has 1 aliphatic heterocycles. The van der Waals surface area contributed by atoms with Gasteiger partial charge in [0.05, 0.1) is 12.5 Å². The number of carboxylic acids is 1. The maximum absolute atomic E-state index is 12.3. The van der Waals surface area contributed by atoms with Crippen LogP contribution in [-0.2, 0) is 9.59 Å². The Balaban J connectivity index is 2.03. The van der Waals surface area contributed by atoms with Crippen molar-refractivity contribution >= 4 is 23.6 Å². The minimum atomic E-state index is -0.904. The number of carbonyl (C=O) groups excluding carboxylic acids is 1. The molecule has 108 valence electrons. The van der Waals surface area contributed by atoms with E-state index >= 15 is 0 Å². The van der Waals surface area contributed by atoms with E-state index in [1.807, 2.05) is 42.1 Å². The van der Waals surface area contributed by atoms with Crippen molar-refractivity contribution in [2.24, 2.45) is 5.92 Å². The third-order valence-electron chi connectivity index (χ3n) is 3.49. The maximum atomic E-state index is 12.3. The van der Waals surface area contributed by atoms with E-state index < -0.39 is 12.0 Å². The topological polar surface area (TPSA) is 66.4 Å². The van der Waals surface area contributed by atoms with Crippen molar-refractivity contribution in [2.45, 2.75) is 25.3 Å². The Labute approximate surface area is 123 Å². The third kappa shape index (κ3) is 4.27. The first-order chi connectivity index (χ1) is 9.66. The first kappa shape index (κ1) is 14.9. The predicted molar refractivity (Wildman–Crippen MR) is 79.6 cm³/mol. The van der Waals surface area contributed by atoms with Crippen molar-refractivity contribution < 1.29 is 14.7 Å². The Morgan fingerprint density at radius 3 is 2.50 bits per heavy atom. The molecule has 1 unspecified atom stereocenters. The lowest BCUT2D eigenvalue weighted by atomic mass is 9.99. The molecule has 2 N–H and O–H groups in total. The lowest BCUT2D eigenvalue weighted by Gasteiger charge is -2.24. The summed E-state index contributed by atoms with van der Waals surface area (Å²) >= 11 is 1.87. The normalized spacial score (nSPS) is 17.4. The number of carboxylic acid groups (broad SMARTS) is 1. The highest BCUT2D eigenvalue weighted by atomic mass is 32.2. The van der Waals surface area contributed by atoms with Crippen LogP contribution in [0.5, 0.6) is 0 Å². The van der Waals surface area contributed by atoms with Gasteiger partial charge in [0.2, 0.25) is 5.91 Å². The predicted octanol–water partition coefficient (Wildman–Crippen LogP) is 2.46. The fourth-order valence-corrected chi connectivity index (χ4v) is 3.47. The van der Waals surface area contributed by atoms with E-state index in [4.69, 9.17) is 5.11 Å². The molecule has 0 aliphatic carbocycles. The molecule has 5 heteroatoms. The van der Waals surface area contributed by atoms with Crippen molar-refractivity contribution in [3.63, 3.8) is 0 Å². The second-order valence-corrected chi connectivity index (χ2v) is 6.18. The van der Waals surface area contributed by atoms with Crippen LogP contribution in [0.15, 0.2) is 30.3 Å². The third-order valence-corrected chi connectivity index (χ3v) is 4.54. The van der Waals surface area contributed by atoms with Gasteiger partial charge in [0, 0.05) is 5.92 Å². The van der Waals surface area contributed by atoms with E-state index in [9.17, 15) is 9.59 Å². The van der Waals surface area contributed by atoms with Crippen LogP contribution in [0.4, 0.5) is 0 Å². The van der Waals surface area contributed by atoms with Crippen molar-refractivity contribution in [1.29, 1.82) is 0 Å². The molecule has 0 spiro atoms. The fraction of sp³-hybridized carbons (Fsp3) is 0.467. The van der Waals surface area contributed by atoms with Gasteiger partial charge < -0.3 is 10.4 Å². The SMILES string of the molecule is O=C(O)CC(NC(=O)C1CCSCC1)c1ccccc1. The van der Waals surface area contributed by atoms with Crippen molar-refractivity contribution in [3.05, 3.63) is 35.9 Å². The van der Waals surface area contributed by atoms with Crippen molar-refractivity contribution in [2.75, 3.05) is 11.5 Å². The fourth-order valence-electron chi connectivity index (χ4n) is 2.36. The van der Waals surface area contributed by atoms with Gasteiger partial charge in [-0.15, -0.1) is 0 Å². The summed E-state index contributed by atoms with van der Waals surface area (Å²) in [5, 5.41) is 11.9. The molecule has 1 saturated heterocycles. The van der Waals surface area contributed by atoms with Gasteiger partial charge in [-0.25, -0.2) is 0 Å². The molecule has 1 fully saturated rings. The molecule has 2 rings (SSSR count). The summed E-state index contributed by atoms with van der Waals surface area (Å²) in [7, 11) is 0. The summed E-state index contributed by atoms with van der Waals surface area (Å²) < 4.78 is 0. The average molecular weight is 293 g/mol. The Kier molecular flexibility index (Phi) is 5.47. The van der Waals surface area contributed by atoms with Crippen LogP contribution in [-0.4, -0.2) is 28.5 Å². The molecule has 20 heavy (non-hydrogen) atoms. The summed E-state index contributed by atoms with van der Waals surface area (Å²) in [6.07, 6.45) is 1.67. The summed E-state index contributed by atoms with van der Waals surface area (Å²) in [5.41, 5.74) is 0.841. The Bertz CT molecular complexity index is 457. The van der Waals surface area contributed by atoms with Gasteiger partial charge in [-0.3, -0.25) is 9.59 Å². The van der Waals surface area contributed by atoms with Gasteiger partial charge >= 0.3 is 5.97 Å². The molecule has 1 aromatic carbocycles. The molecule has 1 atom stereocenters. The molecule has 0 saturated carbocycles. The minimum Gasteiger partial charge on any atom is -0.481 e. The molecular formula is C15H19NO3S. The van der Waals surface area contributed by atoms with Gasteiger partial charge in [-0.05, 0) is 29.9 Å². The smallest absolute Gasteiger partial charge is 0.305 e. The highest BCUT2D eigenvalue weighted by molar-refractivity contribution is 7.99. The Hall–Kier alpha value is -1.49. The van der Waals surface area contributed by atoms with Gasteiger partial charge in [-0.2, -0.15) is 11.8 Å². The quantitative estimate of drug-likeness (QED) is 0.875. The molecular weight excluding hydrogens is 274 g/mol. The standard InChI is InChI=1S/C15H19NO3S/c17-14(18)10-13(11-4-2-1-3-5-11)16-15(19)12-6-8-20-9-7-12/h1-5,12-13H,6-10H2,(H,16,19)(H,17,18). The molecule has 1 amide bonds. The molecule has 0 aromatic heterocycles. The minimum absolute atomic E-state index is 0.0135. The van der Waals surface area contributed by atoms with E-state index in [1.54, 1.807) is 0 Å². The number of amides is 1. The second-order valence-electron chi connectivity index (χ2n) is 4.96. The number of benzene rings is 1. The zero-order chi connectivity index (χ0) is 14.4. The largest absolute Gasteiger partial charge is 0.481 e. The van der Waals surface area contributed by atoms with Crippen LogP contribution in [0.1, 0.15) is 30.9 Å². The number of aliphatic carboxylic acids is 1. The van der Waals surface area contributed by atoms with Crippen LogP contribution < -0.4 is 5.32 Å². The van der Waals surface area contributed by atoms with E-state index in [2.05, 4.69) is 5.32 Å². The summed E-state index contributed by atoms with van der Waals surface area (Å²) in [4.78, 5) is 23.2. The van der Waals surface area contributed by atoms with Crippen LogP contribution in [0, 0.1) is 5.92 Å². The van der Waals surface area contributed by atoms with Crippen LogP contribution in [0.3, 0.4) is 0 Å². The molecule has 4 nitrogen and oxygen atoms in total. The number of carbonyl (C=O) groups is 2. The Morgan fingerprint density at radius 2 is 1.90 bits per heavy atom. The van der Waals surface area contributed by atoms with Gasteiger partial charge in [0.1, 0.15) is 0 Å². The average Bonchev–Trinajstić information content (AvgIpc) is 2.48. The summed E-state index contributed by atoms with van der Waals surface area (Å²) in [6, 6.07) is 8.84. The Morgan fingerprint density at radius 1 is 1.25 bits per heavy atom. The van der Waals surface area contributed by atoms with E-state index in [1.165, 1.54) is 0 Å². The molecule has 1 aliphatic rings. The van der Waals surface area contributed by atoms with Crippen molar-refractivity contribution in [3.8, 4) is 0 Å². The zero-order valence-corrected chi connectivity index (χ0v) is 12.1. The maximum Gasteiger partial charge on any atom is 0.305 e. The lowest BCUT2D eigenvalue weighted by molar-refractivity contribution is -0.138. The van der Waals surface area contributed by atoms with Gasteiger partial charge in [0.15, 0.2) is 0 Å². The molecule has 0 radical (unpaired) electrons. The van der Waals surface area contributed by atoms with Gasteiger partial charge in [-0.1, -0.05) is 30.3 Å². The van der Waals surface area contributed by atoms with Crippen LogP contribution in [0.25, 0.3) is 0 Å². The first-order valence-electron chi connectivity index (χ1n) is 6.81. The van der Waals surface area contributed by atoms with Crippen molar-refractivity contribution in [1.82, 2.24) is 5.32 Å². The molecule has 0 bridgehead atoms. The first-order valence-corrected chi connectivity index (χ1v) is 7.97. The highest BCUT2D eigenvalue weighted by Crippen LogP contribution is 2.24. The monoisotopic (exact) mass is 293 g/mol. The number of rotatable bonds is 5. The lowest BCUT2D eigenvalue weighted by Crippen LogP contribution is -2.36. The number of hydrogen-bond acceptors (Lipinski definition) is 3. The van der Waals surface area contributed by atoms with Crippen LogP contribution >= 0.6 is 11.8 Å². The second kappa shape index (κ2) is 7.33. The number of hydrogen-bond donors (Lipinski definition) is 2. The summed E-state index contributed by atoms with van der Waals surface area (Å²) in [5.74, 6) is 1.12. The van der Waals surface area contributed by atoms with Crippen LogP contribution in [0.2, 0.25) is 0 Å². The number of nitrogens with one attached hydrogen (secondary N) is 1. The van der Waals surface area contributed by atoms with Gasteiger partial charge in [0.25, 0.3) is 0 Å².